The summed E-state index contributed by atoms with van der Waals surface area (Å²) in [7, 11) is 0. The molecule has 1 saturated carbocycles. The number of imide groups is 1. The van der Waals surface area contributed by atoms with Crippen LogP contribution < -0.4 is 5.73 Å². The smallest absolute Gasteiger partial charge is 0.229 e. The lowest BCUT2D eigenvalue weighted by Gasteiger charge is -2.42. The van der Waals surface area contributed by atoms with Gasteiger partial charge in [0.25, 0.3) is 0 Å². The lowest BCUT2D eigenvalue weighted by molar-refractivity contribution is -0.155. The second-order valence-electron chi connectivity index (χ2n) is 6.15. The molecule has 2 fully saturated rings. The van der Waals surface area contributed by atoms with E-state index in [9.17, 15) is 9.59 Å². The van der Waals surface area contributed by atoms with Gasteiger partial charge in [0.05, 0.1) is 0 Å². The number of amides is 2. The Morgan fingerprint density at radius 1 is 1.17 bits per heavy atom. The molecule has 0 aromatic heterocycles. The SMILES string of the molecule is CC(CN)CN1C(=O)CC2(CCCCC2)CC1=O. The number of piperidine rings is 1. The number of rotatable bonds is 3. The fraction of sp³-hybridized carbons (Fsp3) is 0.857. The van der Waals surface area contributed by atoms with Gasteiger partial charge in [0.2, 0.25) is 11.8 Å². The van der Waals surface area contributed by atoms with Crippen LogP contribution in [0.15, 0.2) is 0 Å². The van der Waals surface area contributed by atoms with Crippen LogP contribution in [-0.2, 0) is 9.59 Å². The molecule has 2 rings (SSSR count). The third-order valence-electron chi connectivity index (χ3n) is 4.47. The molecule has 18 heavy (non-hydrogen) atoms. The van der Waals surface area contributed by atoms with Gasteiger partial charge in [0.15, 0.2) is 0 Å². The maximum absolute atomic E-state index is 12.2. The molecule has 0 aromatic carbocycles. The van der Waals surface area contributed by atoms with Crippen molar-refractivity contribution in [3.63, 3.8) is 0 Å². The maximum Gasteiger partial charge on any atom is 0.229 e. The van der Waals surface area contributed by atoms with Crippen molar-refractivity contribution in [2.24, 2.45) is 17.1 Å². The van der Waals surface area contributed by atoms with E-state index in [1.54, 1.807) is 0 Å². The third-order valence-corrected chi connectivity index (χ3v) is 4.47. The summed E-state index contributed by atoms with van der Waals surface area (Å²) in [6.45, 7) is 2.98. The second-order valence-corrected chi connectivity index (χ2v) is 6.15. The van der Waals surface area contributed by atoms with Gasteiger partial charge < -0.3 is 5.73 Å². The Hall–Kier alpha value is -0.900. The molecule has 1 spiro atoms. The van der Waals surface area contributed by atoms with Crippen molar-refractivity contribution < 1.29 is 9.59 Å². The zero-order chi connectivity index (χ0) is 13.2. The Labute approximate surface area is 109 Å². The van der Waals surface area contributed by atoms with Gasteiger partial charge in [-0.2, -0.15) is 0 Å². The highest BCUT2D eigenvalue weighted by Gasteiger charge is 2.43. The van der Waals surface area contributed by atoms with Gasteiger partial charge >= 0.3 is 0 Å². The summed E-state index contributed by atoms with van der Waals surface area (Å²) < 4.78 is 0. The van der Waals surface area contributed by atoms with Crippen molar-refractivity contribution in [3.8, 4) is 0 Å². The predicted molar refractivity (Wildman–Crippen MR) is 69.7 cm³/mol. The molecule has 1 saturated heterocycles. The summed E-state index contributed by atoms with van der Waals surface area (Å²) in [5.74, 6) is 0.236. The summed E-state index contributed by atoms with van der Waals surface area (Å²) in [6.07, 6.45) is 6.80. The maximum atomic E-state index is 12.2. The lowest BCUT2D eigenvalue weighted by Crippen LogP contribution is -2.50. The number of carbonyl (C=O) groups is 2. The molecule has 1 unspecified atom stereocenters. The first kappa shape index (κ1) is 13.5. The van der Waals surface area contributed by atoms with Crippen LogP contribution in [0.3, 0.4) is 0 Å². The zero-order valence-corrected chi connectivity index (χ0v) is 11.3. The van der Waals surface area contributed by atoms with Crippen LogP contribution in [0.1, 0.15) is 51.9 Å². The van der Waals surface area contributed by atoms with E-state index in [2.05, 4.69) is 0 Å². The van der Waals surface area contributed by atoms with E-state index in [0.717, 1.165) is 12.8 Å². The van der Waals surface area contributed by atoms with E-state index >= 15 is 0 Å². The zero-order valence-electron chi connectivity index (χ0n) is 11.3. The summed E-state index contributed by atoms with van der Waals surface area (Å²) in [4.78, 5) is 25.8. The Balaban J connectivity index is 2.03. The van der Waals surface area contributed by atoms with Gasteiger partial charge in [0.1, 0.15) is 0 Å². The standard InChI is InChI=1S/C14H24N2O2/c1-11(9-15)10-16-12(17)7-14(8-13(16)18)5-3-2-4-6-14/h11H,2-10,15H2,1H3. The van der Waals surface area contributed by atoms with Gasteiger partial charge in [-0.3, -0.25) is 14.5 Å². The number of carbonyl (C=O) groups excluding carboxylic acids is 2. The van der Waals surface area contributed by atoms with E-state index in [1.165, 1.54) is 24.2 Å². The van der Waals surface area contributed by atoms with Crippen LogP contribution in [0, 0.1) is 11.3 Å². The first-order valence-corrected chi connectivity index (χ1v) is 7.10. The van der Waals surface area contributed by atoms with Crippen molar-refractivity contribution in [1.29, 1.82) is 0 Å². The highest BCUT2D eigenvalue weighted by atomic mass is 16.2. The fourth-order valence-corrected chi connectivity index (χ4v) is 3.28. The minimum atomic E-state index is -0.00509. The van der Waals surface area contributed by atoms with Crippen molar-refractivity contribution in [2.45, 2.75) is 51.9 Å². The van der Waals surface area contributed by atoms with E-state index in [1.807, 2.05) is 6.92 Å². The number of nitrogens with two attached hydrogens (primary N) is 1. The normalized spacial score (nSPS) is 25.6. The number of hydrogen-bond donors (Lipinski definition) is 1. The third kappa shape index (κ3) is 2.74. The van der Waals surface area contributed by atoms with E-state index in [4.69, 9.17) is 5.73 Å². The summed E-state index contributed by atoms with van der Waals surface area (Å²) in [5, 5.41) is 0. The van der Waals surface area contributed by atoms with Crippen molar-refractivity contribution in [1.82, 2.24) is 4.90 Å². The molecule has 2 amide bonds. The average Bonchev–Trinajstić information content (AvgIpc) is 2.34. The number of hydrogen-bond acceptors (Lipinski definition) is 3. The lowest BCUT2D eigenvalue weighted by atomic mass is 9.67. The van der Waals surface area contributed by atoms with Gasteiger partial charge in [-0.1, -0.05) is 26.2 Å². The Bertz CT molecular complexity index is 315. The summed E-state index contributed by atoms with van der Waals surface area (Å²) in [5.41, 5.74) is 5.56. The molecular formula is C14H24N2O2. The van der Waals surface area contributed by atoms with Crippen molar-refractivity contribution >= 4 is 11.8 Å². The summed E-state index contributed by atoms with van der Waals surface area (Å²) in [6, 6.07) is 0. The van der Waals surface area contributed by atoms with Gasteiger partial charge in [0, 0.05) is 19.4 Å². The average molecular weight is 252 g/mol. The fourth-order valence-electron chi connectivity index (χ4n) is 3.28. The van der Waals surface area contributed by atoms with Crippen LogP contribution in [-0.4, -0.2) is 29.8 Å². The first-order valence-electron chi connectivity index (χ1n) is 7.10. The Morgan fingerprint density at radius 2 is 1.72 bits per heavy atom. The molecule has 2 N–H and O–H groups in total. The molecular weight excluding hydrogens is 228 g/mol. The van der Waals surface area contributed by atoms with Crippen LogP contribution in [0.5, 0.6) is 0 Å². The van der Waals surface area contributed by atoms with Gasteiger partial charge in [-0.25, -0.2) is 0 Å². The Morgan fingerprint density at radius 3 is 2.22 bits per heavy atom. The second kappa shape index (κ2) is 5.39. The molecule has 1 heterocycles. The molecule has 0 aromatic rings. The molecule has 0 radical (unpaired) electrons. The van der Waals surface area contributed by atoms with Gasteiger partial charge in [-0.05, 0) is 30.7 Å². The Kier molecular flexibility index (Phi) is 4.05. The number of likely N-dealkylation sites (tertiary alicyclic amines) is 1. The quantitative estimate of drug-likeness (QED) is 0.777. The minimum absolute atomic E-state index is 0.00509. The minimum Gasteiger partial charge on any atom is -0.330 e. The van der Waals surface area contributed by atoms with E-state index in [-0.39, 0.29) is 23.1 Å². The van der Waals surface area contributed by atoms with Crippen LogP contribution in [0.4, 0.5) is 0 Å². The highest BCUT2D eigenvalue weighted by molar-refractivity contribution is 5.98. The molecule has 2 aliphatic rings. The summed E-state index contributed by atoms with van der Waals surface area (Å²) >= 11 is 0. The molecule has 1 atom stereocenters. The molecule has 102 valence electrons. The van der Waals surface area contributed by atoms with E-state index in [0.29, 0.717) is 25.9 Å². The number of nitrogens with zero attached hydrogens (tertiary/aromatic N) is 1. The monoisotopic (exact) mass is 252 g/mol. The van der Waals surface area contributed by atoms with Crippen molar-refractivity contribution in [3.05, 3.63) is 0 Å². The molecule has 0 bridgehead atoms. The largest absolute Gasteiger partial charge is 0.330 e. The van der Waals surface area contributed by atoms with Crippen molar-refractivity contribution in [2.75, 3.05) is 13.1 Å². The van der Waals surface area contributed by atoms with Crippen LogP contribution in [0.2, 0.25) is 0 Å². The first-order chi connectivity index (χ1) is 8.56. The van der Waals surface area contributed by atoms with Crippen LogP contribution in [0.25, 0.3) is 0 Å². The van der Waals surface area contributed by atoms with Gasteiger partial charge in [-0.15, -0.1) is 0 Å². The van der Waals surface area contributed by atoms with Crippen LogP contribution >= 0.6 is 0 Å². The molecule has 1 aliphatic carbocycles. The molecule has 1 aliphatic heterocycles. The predicted octanol–water partition coefficient (Wildman–Crippen LogP) is 1.68. The highest BCUT2D eigenvalue weighted by Crippen LogP contribution is 2.45. The molecule has 4 heteroatoms. The topological polar surface area (TPSA) is 63.4 Å². The van der Waals surface area contributed by atoms with E-state index < -0.39 is 0 Å². The molecule has 4 nitrogen and oxygen atoms in total.